The second kappa shape index (κ2) is 14.4. The minimum absolute atomic E-state index is 0.102. The fourth-order valence-electron chi connectivity index (χ4n) is 3.74. The van der Waals surface area contributed by atoms with Gasteiger partial charge in [-0.2, -0.15) is 0 Å². The lowest BCUT2D eigenvalue weighted by molar-refractivity contribution is -0.126. The van der Waals surface area contributed by atoms with Crippen LogP contribution in [0.3, 0.4) is 0 Å². The van der Waals surface area contributed by atoms with E-state index in [1.165, 1.54) is 0 Å². The van der Waals surface area contributed by atoms with Crippen LogP contribution in [0.5, 0.6) is 5.75 Å². The second-order valence-electron chi connectivity index (χ2n) is 9.26. The Labute approximate surface area is 218 Å². The zero-order valence-electron chi connectivity index (χ0n) is 21.3. The Morgan fingerprint density at radius 1 is 0.784 bits per heavy atom. The van der Waals surface area contributed by atoms with E-state index in [0.717, 1.165) is 22.4 Å². The van der Waals surface area contributed by atoms with Gasteiger partial charge in [0.15, 0.2) is 0 Å². The molecule has 0 bridgehead atoms. The monoisotopic (exact) mass is 502 g/mol. The maximum absolute atomic E-state index is 13.0. The van der Waals surface area contributed by atoms with E-state index in [4.69, 9.17) is 9.47 Å². The molecule has 0 saturated heterocycles. The van der Waals surface area contributed by atoms with Crippen LogP contribution in [0.4, 0.5) is 4.79 Å². The van der Waals surface area contributed by atoms with E-state index in [9.17, 15) is 14.4 Å². The summed E-state index contributed by atoms with van der Waals surface area (Å²) in [5.74, 6) is 0.433. The molecule has 0 radical (unpaired) electrons. The van der Waals surface area contributed by atoms with Crippen molar-refractivity contribution in [1.29, 1.82) is 0 Å². The summed E-state index contributed by atoms with van der Waals surface area (Å²) in [4.78, 5) is 37.0. The fourth-order valence-corrected chi connectivity index (χ4v) is 3.74. The molecule has 0 fully saturated rings. The largest absolute Gasteiger partial charge is 0.489 e. The number of carbonyl (C=O) groups is 3. The van der Waals surface area contributed by atoms with Gasteiger partial charge in [-0.3, -0.25) is 4.79 Å². The van der Waals surface area contributed by atoms with Gasteiger partial charge in [0.1, 0.15) is 31.3 Å². The molecule has 3 rings (SSSR count). The quantitative estimate of drug-likeness (QED) is 0.327. The molecule has 0 spiro atoms. The van der Waals surface area contributed by atoms with Crippen LogP contribution in [0.1, 0.15) is 37.0 Å². The highest BCUT2D eigenvalue weighted by atomic mass is 16.5. The number of nitrogens with one attached hydrogen (secondary N) is 2. The summed E-state index contributed by atoms with van der Waals surface area (Å²) in [7, 11) is 0. The van der Waals surface area contributed by atoms with Gasteiger partial charge >= 0.3 is 6.09 Å². The van der Waals surface area contributed by atoms with Crippen LogP contribution < -0.4 is 15.4 Å². The predicted octanol–water partition coefficient (Wildman–Crippen LogP) is 4.83. The summed E-state index contributed by atoms with van der Waals surface area (Å²) in [5.41, 5.74) is 2.80. The van der Waals surface area contributed by atoms with Gasteiger partial charge < -0.3 is 24.9 Å². The molecular weight excluding hydrogens is 468 g/mol. The van der Waals surface area contributed by atoms with Crippen molar-refractivity contribution in [3.63, 3.8) is 0 Å². The Morgan fingerprint density at radius 3 is 1.95 bits per heavy atom. The first-order valence-electron chi connectivity index (χ1n) is 12.4. The molecule has 0 unspecified atom stereocenters. The molecule has 3 aromatic carbocycles. The lowest BCUT2D eigenvalue weighted by Gasteiger charge is -2.22. The van der Waals surface area contributed by atoms with Gasteiger partial charge in [0.05, 0.1) is 6.04 Å². The molecule has 2 N–H and O–H groups in total. The molecule has 0 aliphatic heterocycles. The molecule has 37 heavy (non-hydrogen) atoms. The first-order chi connectivity index (χ1) is 17.9. The van der Waals surface area contributed by atoms with Crippen molar-refractivity contribution in [2.45, 2.75) is 52.0 Å². The molecule has 0 saturated carbocycles. The molecule has 0 aromatic heterocycles. The molecule has 0 heterocycles. The summed E-state index contributed by atoms with van der Waals surface area (Å²) in [6, 6.07) is 25.0. The summed E-state index contributed by atoms with van der Waals surface area (Å²) in [6.45, 7) is 4.47. The van der Waals surface area contributed by atoms with E-state index in [0.29, 0.717) is 25.7 Å². The molecule has 7 nitrogen and oxygen atoms in total. The summed E-state index contributed by atoms with van der Waals surface area (Å²) < 4.78 is 11.1. The summed E-state index contributed by atoms with van der Waals surface area (Å²) in [6.07, 6.45) is 0.753. The van der Waals surface area contributed by atoms with Crippen molar-refractivity contribution in [2.75, 3.05) is 0 Å². The first kappa shape index (κ1) is 27.5. The van der Waals surface area contributed by atoms with Crippen LogP contribution in [-0.4, -0.2) is 30.4 Å². The fraction of sp³-hybridized carbons (Fsp3) is 0.300. The van der Waals surface area contributed by atoms with Crippen molar-refractivity contribution >= 4 is 18.3 Å². The van der Waals surface area contributed by atoms with Crippen LogP contribution in [-0.2, 0) is 34.0 Å². The van der Waals surface area contributed by atoms with Crippen LogP contribution in [0, 0.1) is 5.92 Å². The zero-order valence-corrected chi connectivity index (χ0v) is 21.3. The number of amides is 2. The summed E-state index contributed by atoms with van der Waals surface area (Å²) >= 11 is 0. The third-order valence-electron chi connectivity index (χ3n) is 5.65. The van der Waals surface area contributed by atoms with Gasteiger partial charge in [0, 0.05) is 0 Å². The van der Waals surface area contributed by atoms with Crippen LogP contribution >= 0.6 is 0 Å². The highest BCUT2D eigenvalue weighted by Crippen LogP contribution is 2.15. The van der Waals surface area contributed by atoms with Crippen molar-refractivity contribution in [3.8, 4) is 5.75 Å². The molecule has 194 valence electrons. The van der Waals surface area contributed by atoms with Gasteiger partial charge in [-0.15, -0.1) is 0 Å². The van der Waals surface area contributed by atoms with Crippen molar-refractivity contribution < 1.29 is 23.9 Å². The van der Waals surface area contributed by atoms with E-state index in [2.05, 4.69) is 10.6 Å². The number of aldehydes is 1. The molecular formula is C30H34N2O5. The number of hydrogen-bond acceptors (Lipinski definition) is 5. The normalized spacial score (nSPS) is 12.3. The van der Waals surface area contributed by atoms with Gasteiger partial charge in [-0.1, -0.05) is 86.6 Å². The predicted molar refractivity (Wildman–Crippen MR) is 142 cm³/mol. The van der Waals surface area contributed by atoms with Crippen molar-refractivity contribution in [2.24, 2.45) is 5.92 Å². The topological polar surface area (TPSA) is 93.7 Å². The maximum Gasteiger partial charge on any atom is 0.408 e. The lowest BCUT2D eigenvalue weighted by Crippen LogP contribution is -2.51. The Morgan fingerprint density at radius 2 is 1.38 bits per heavy atom. The highest BCUT2D eigenvalue weighted by Gasteiger charge is 2.25. The second-order valence-corrected chi connectivity index (χ2v) is 9.26. The first-order valence-corrected chi connectivity index (χ1v) is 12.4. The smallest absolute Gasteiger partial charge is 0.408 e. The standard InChI is InChI=1S/C30H34N2O5/c1-22(2)17-28(32-30(35)37-21-25-11-7-4-8-12-25)29(34)31-26(19-33)18-23-13-15-27(16-14-23)36-20-24-9-5-3-6-10-24/h3-16,19,22,26,28H,17-18,20-21H2,1-2H3,(H,31,34)(H,32,35)/t26-,28-/m0/s1. The lowest BCUT2D eigenvalue weighted by atomic mass is 10.0. The number of ether oxygens (including phenoxy) is 2. The average molecular weight is 503 g/mol. The maximum atomic E-state index is 13.0. The number of rotatable bonds is 13. The van der Waals surface area contributed by atoms with Crippen molar-refractivity contribution in [3.05, 3.63) is 102 Å². The van der Waals surface area contributed by atoms with Crippen LogP contribution in [0.2, 0.25) is 0 Å². The SMILES string of the molecule is CC(C)C[C@H](NC(=O)OCc1ccccc1)C(=O)N[C@H](C=O)Cc1ccc(OCc2ccccc2)cc1. The average Bonchev–Trinajstić information content (AvgIpc) is 2.91. The van der Waals surface area contributed by atoms with Gasteiger partial charge in [0.25, 0.3) is 0 Å². The number of alkyl carbamates (subject to hydrolysis) is 1. The van der Waals surface area contributed by atoms with E-state index < -0.39 is 24.1 Å². The minimum Gasteiger partial charge on any atom is -0.489 e. The number of carbonyl (C=O) groups excluding carboxylic acids is 3. The van der Waals surface area contributed by atoms with E-state index >= 15 is 0 Å². The Kier molecular flexibility index (Phi) is 10.7. The molecule has 0 aliphatic carbocycles. The molecule has 3 aromatic rings. The van der Waals surface area contributed by atoms with Gasteiger partial charge in [-0.05, 0) is 47.6 Å². The summed E-state index contributed by atoms with van der Waals surface area (Å²) in [5, 5.41) is 5.39. The van der Waals surface area contributed by atoms with E-state index in [1.54, 1.807) is 0 Å². The third-order valence-corrected chi connectivity index (χ3v) is 5.65. The van der Waals surface area contributed by atoms with E-state index in [-0.39, 0.29) is 12.5 Å². The van der Waals surface area contributed by atoms with Gasteiger partial charge in [-0.25, -0.2) is 4.79 Å². The Balaban J connectivity index is 1.52. The van der Waals surface area contributed by atoms with Gasteiger partial charge in [0.2, 0.25) is 5.91 Å². The molecule has 7 heteroatoms. The minimum atomic E-state index is -0.820. The Bertz CT molecular complexity index is 1120. The Hall–Kier alpha value is -4.13. The van der Waals surface area contributed by atoms with Crippen molar-refractivity contribution in [1.82, 2.24) is 10.6 Å². The zero-order chi connectivity index (χ0) is 26.5. The third kappa shape index (κ3) is 9.80. The van der Waals surface area contributed by atoms with Crippen LogP contribution in [0.15, 0.2) is 84.9 Å². The molecule has 2 amide bonds. The highest BCUT2D eigenvalue weighted by molar-refractivity contribution is 5.87. The van der Waals surface area contributed by atoms with E-state index in [1.807, 2.05) is 98.8 Å². The number of hydrogen-bond donors (Lipinski definition) is 2. The molecule has 0 aliphatic rings. The van der Waals surface area contributed by atoms with Crippen LogP contribution in [0.25, 0.3) is 0 Å². The molecule has 2 atom stereocenters. The number of benzene rings is 3.